The molecular formula is C138H89N3. The first kappa shape index (κ1) is 82.0. The minimum Gasteiger partial charge on any atom is -0.309 e. The van der Waals surface area contributed by atoms with Gasteiger partial charge >= 0.3 is 0 Å². The molecule has 0 aliphatic carbocycles. The standard InChI is InChI=1S/2C48H31N.C42H27N/c1-3-16-32(17-4-1)46-38-24-8-10-26-40(38)47(41-27-11-9-25-39(41)46)34-19-15-18-33(30-34)43-31-44-37-23-13-14-29-45(37)49(35-20-5-2-6-21-35)48(44)42-28-12-7-22-36(42)43;1-3-15-33(16-4-1)46-38-21-8-10-23-40(38)47(41-24-11-9-22-39(41)46)34-29-27-32(28-30-34)43-31-44-37-20-13-14-26-45(37)49(35-17-5-2-6-18-35)48(44)42-25-12-7-19-36(42)43;1-3-15-28(16-4-1)40-32-21-8-10-23-34(32)41(35-24-11-9-22-33(35)40)37-27-38-31-20-13-14-26-39(31)43(29-17-5-2-6-18-29)42(38)36-25-12-7-19-30(36)37/h2*1-31H;1-27H. The monoisotopic (exact) mass is 1790 g/mol. The fourth-order valence-electron chi connectivity index (χ4n) is 23.4. The molecule has 0 N–H and O–H groups in total. The van der Waals surface area contributed by atoms with Crippen LogP contribution in [0.2, 0.25) is 0 Å². The Morgan fingerprint density at radius 1 is 0.0993 bits per heavy atom. The van der Waals surface area contributed by atoms with E-state index in [0.717, 1.165) is 0 Å². The van der Waals surface area contributed by atoms with E-state index in [-0.39, 0.29) is 0 Å². The first-order valence-corrected chi connectivity index (χ1v) is 48.8. The van der Waals surface area contributed by atoms with Gasteiger partial charge in [-0.3, -0.25) is 0 Å². The predicted molar refractivity (Wildman–Crippen MR) is 603 cm³/mol. The van der Waals surface area contributed by atoms with Crippen LogP contribution in [0.15, 0.2) is 540 Å². The molecule has 0 bridgehead atoms. The van der Waals surface area contributed by atoms with E-state index in [0.29, 0.717) is 0 Å². The summed E-state index contributed by atoms with van der Waals surface area (Å²) < 4.78 is 7.29. The molecule has 0 fully saturated rings. The van der Waals surface area contributed by atoms with Gasteiger partial charge < -0.3 is 13.7 Å². The van der Waals surface area contributed by atoms with E-state index in [4.69, 9.17) is 0 Å². The molecule has 3 heterocycles. The van der Waals surface area contributed by atoms with Crippen LogP contribution in [-0.4, -0.2) is 13.7 Å². The van der Waals surface area contributed by atoms with Gasteiger partial charge in [0.1, 0.15) is 0 Å². The summed E-state index contributed by atoms with van der Waals surface area (Å²) in [5.41, 5.74) is 31.0. The van der Waals surface area contributed by atoms with Gasteiger partial charge in [0, 0.05) is 65.5 Å². The van der Waals surface area contributed by atoms with Crippen molar-refractivity contribution in [2.45, 2.75) is 0 Å². The van der Waals surface area contributed by atoms with Crippen LogP contribution < -0.4 is 0 Å². The summed E-state index contributed by atoms with van der Waals surface area (Å²) in [6, 6.07) is 197. The number of hydrogen-bond donors (Lipinski definition) is 0. The predicted octanol–water partition coefficient (Wildman–Crippen LogP) is 38.1. The highest BCUT2D eigenvalue weighted by atomic mass is 15.0. The van der Waals surface area contributed by atoms with E-state index in [1.807, 2.05) is 0 Å². The van der Waals surface area contributed by atoms with E-state index >= 15 is 0 Å². The summed E-state index contributed by atoms with van der Waals surface area (Å²) in [7, 11) is 0. The largest absolute Gasteiger partial charge is 0.309 e. The maximum atomic E-state index is 2.45. The van der Waals surface area contributed by atoms with Crippen LogP contribution in [0.1, 0.15) is 0 Å². The van der Waals surface area contributed by atoms with Crippen LogP contribution in [0, 0.1) is 0 Å². The molecule has 0 spiro atoms. The lowest BCUT2D eigenvalue weighted by Crippen LogP contribution is -1.95. The number of aromatic nitrogens is 3. The molecular weight excluding hydrogens is 1700 g/mol. The fraction of sp³-hybridized carbons (Fsp3) is 0. The Morgan fingerprint density at radius 3 is 0.589 bits per heavy atom. The van der Waals surface area contributed by atoms with Gasteiger partial charge in [0.15, 0.2) is 0 Å². The molecule has 0 saturated carbocycles. The minimum atomic E-state index is 1.17. The number of nitrogens with zero attached hydrogens (tertiary/aromatic N) is 3. The van der Waals surface area contributed by atoms with Crippen molar-refractivity contribution >= 4 is 162 Å². The van der Waals surface area contributed by atoms with E-state index in [1.54, 1.807) is 0 Å². The van der Waals surface area contributed by atoms with E-state index in [2.05, 4.69) is 554 Å². The van der Waals surface area contributed by atoms with Crippen LogP contribution in [0.5, 0.6) is 0 Å². The Hall–Kier alpha value is -18.5. The Bertz CT molecular complexity index is 9830. The van der Waals surface area contributed by atoms with Crippen LogP contribution in [-0.2, 0) is 0 Å². The fourth-order valence-corrected chi connectivity index (χ4v) is 23.4. The Labute approximate surface area is 816 Å². The molecule has 0 aliphatic heterocycles. The van der Waals surface area contributed by atoms with Crippen molar-refractivity contribution in [2.24, 2.45) is 0 Å². The minimum absolute atomic E-state index is 1.17. The van der Waals surface area contributed by atoms with Crippen LogP contribution >= 0.6 is 0 Å². The maximum Gasteiger partial charge on any atom is 0.0619 e. The van der Waals surface area contributed by atoms with Gasteiger partial charge in [0.2, 0.25) is 0 Å². The molecule has 0 saturated heterocycles. The second kappa shape index (κ2) is 34.4. The van der Waals surface area contributed by atoms with Gasteiger partial charge in [-0.1, -0.05) is 461 Å². The van der Waals surface area contributed by atoms with Crippen molar-refractivity contribution in [1.29, 1.82) is 0 Å². The zero-order valence-electron chi connectivity index (χ0n) is 77.2. The second-order valence-corrected chi connectivity index (χ2v) is 36.9. The zero-order valence-corrected chi connectivity index (χ0v) is 77.2. The lowest BCUT2D eigenvalue weighted by molar-refractivity contribution is 1.19. The van der Waals surface area contributed by atoms with Crippen LogP contribution in [0.25, 0.3) is 268 Å². The van der Waals surface area contributed by atoms with Crippen molar-refractivity contribution in [3.05, 3.63) is 540 Å². The highest BCUT2D eigenvalue weighted by Gasteiger charge is 2.27. The second-order valence-electron chi connectivity index (χ2n) is 36.9. The first-order valence-electron chi connectivity index (χ1n) is 48.8. The topological polar surface area (TPSA) is 14.8 Å². The van der Waals surface area contributed by atoms with Gasteiger partial charge in [-0.2, -0.15) is 0 Å². The molecule has 0 aliphatic rings. The molecule has 3 nitrogen and oxygen atoms in total. The van der Waals surface area contributed by atoms with Crippen molar-refractivity contribution in [3.8, 4) is 106 Å². The van der Waals surface area contributed by atoms with Gasteiger partial charge in [0.25, 0.3) is 0 Å². The number of hydrogen-bond acceptors (Lipinski definition) is 0. The molecule has 29 aromatic rings. The normalized spacial score (nSPS) is 11.7. The molecule has 3 heteroatoms. The van der Waals surface area contributed by atoms with Gasteiger partial charge in [-0.05, 0) is 249 Å². The number of rotatable bonds is 11. The van der Waals surface area contributed by atoms with Crippen LogP contribution in [0.4, 0.5) is 0 Å². The third-order valence-corrected chi connectivity index (χ3v) is 29.3. The smallest absolute Gasteiger partial charge is 0.0619 e. The summed E-state index contributed by atoms with van der Waals surface area (Å²) in [6.45, 7) is 0. The first-order chi connectivity index (χ1) is 70.1. The highest BCUT2D eigenvalue weighted by molar-refractivity contribution is 6.31. The molecule has 29 rings (SSSR count). The molecule has 3 aromatic heterocycles. The quantitative estimate of drug-likeness (QED) is 0.115. The van der Waals surface area contributed by atoms with E-state index in [1.165, 1.54) is 268 Å². The Morgan fingerprint density at radius 2 is 0.291 bits per heavy atom. The van der Waals surface area contributed by atoms with Crippen molar-refractivity contribution in [2.75, 3.05) is 0 Å². The molecule has 26 aromatic carbocycles. The number of para-hydroxylation sites is 6. The molecule has 0 radical (unpaired) electrons. The molecule has 0 amide bonds. The Kier molecular flexibility index (Phi) is 20.0. The third kappa shape index (κ3) is 13.6. The Balaban J connectivity index is 0.000000106. The van der Waals surface area contributed by atoms with E-state index in [9.17, 15) is 0 Å². The average molecular weight is 1790 g/mol. The van der Waals surface area contributed by atoms with Crippen molar-refractivity contribution in [1.82, 2.24) is 13.7 Å². The average Bonchev–Trinajstić information content (AvgIpc) is 1.21. The van der Waals surface area contributed by atoms with Crippen LogP contribution in [0.3, 0.4) is 0 Å². The molecule has 0 atom stereocenters. The third-order valence-electron chi connectivity index (χ3n) is 29.3. The summed E-state index contributed by atoms with van der Waals surface area (Å²) in [5, 5.41) is 30.4. The molecule has 656 valence electrons. The maximum absolute atomic E-state index is 2.45. The zero-order chi connectivity index (χ0) is 93.0. The summed E-state index contributed by atoms with van der Waals surface area (Å²) >= 11 is 0. The van der Waals surface area contributed by atoms with Gasteiger partial charge in [-0.25, -0.2) is 0 Å². The SMILES string of the molecule is c1ccc(-c2c3ccccc3c(-c3cc4c5ccccc5n(-c5ccccc5)c4c4ccccc34)c3ccccc23)cc1.c1ccc(-c2c3ccccc3c(-c3ccc(-c4cc5c6ccccc6n(-c6ccccc6)c5c5ccccc45)cc3)c3ccccc23)cc1.c1ccc(-c2c3ccccc3c(-c3cccc(-c4cc5c6ccccc6n(-c6ccccc6)c5c5ccccc45)c3)c3ccccc23)cc1. The lowest BCUT2D eigenvalue weighted by Gasteiger charge is -2.19. The van der Waals surface area contributed by atoms with Gasteiger partial charge in [0.05, 0.1) is 33.1 Å². The lowest BCUT2D eigenvalue weighted by atomic mass is 9.84. The van der Waals surface area contributed by atoms with Crippen molar-refractivity contribution in [3.63, 3.8) is 0 Å². The summed E-state index contributed by atoms with van der Waals surface area (Å²) in [5.74, 6) is 0. The summed E-state index contributed by atoms with van der Waals surface area (Å²) in [6.07, 6.45) is 0. The highest BCUT2D eigenvalue weighted by Crippen LogP contribution is 2.53. The summed E-state index contributed by atoms with van der Waals surface area (Å²) in [4.78, 5) is 0. The number of fused-ring (bicyclic) bond motifs is 21. The van der Waals surface area contributed by atoms with E-state index < -0.39 is 0 Å². The molecule has 141 heavy (non-hydrogen) atoms. The molecule has 0 unspecified atom stereocenters. The van der Waals surface area contributed by atoms with Gasteiger partial charge in [-0.15, -0.1) is 0 Å². The van der Waals surface area contributed by atoms with Crippen molar-refractivity contribution < 1.29 is 0 Å². The number of benzene rings is 26.